The first-order valence-corrected chi connectivity index (χ1v) is 27.6. The summed E-state index contributed by atoms with van der Waals surface area (Å²) in [5.74, 6) is 3.89. The van der Waals surface area contributed by atoms with Crippen LogP contribution in [0.5, 0.6) is 17.2 Å². The second-order valence-electron chi connectivity index (χ2n) is 19.5. The average Bonchev–Trinajstić information content (AvgIpc) is 3.62. The molecule has 322 valence electrons. The summed E-state index contributed by atoms with van der Waals surface area (Å²) in [6.45, 7) is 11.5. The topological polar surface area (TPSA) is 31.4 Å². The minimum Gasteiger partial charge on any atom is -0.489 e. The molecule has 6 unspecified atom stereocenters. The number of ether oxygens (including phenoxy) is 2. The average molecular weight is 877 g/mol. The first-order chi connectivity index (χ1) is 31.2. The highest BCUT2D eigenvalue weighted by Crippen LogP contribution is 2.75. The van der Waals surface area contributed by atoms with Crippen molar-refractivity contribution in [2.75, 3.05) is 12.8 Å². The Balaban J connectivity index is 0.923. The second-order valence-corrected chi connectivity index (χ2v) is 25.9. The van der Waals surface area contributed by atoms with Crippen molar-refractivity contribution >= 4 is 31.4 Å². The summed E-state index contributed by atoms with van der Waals surface area (Å²) in [5, 5.41) is 2.97. The molecule has 1 spiro atoms. The van der Waals surface area contributed by atoms with Gasteiger partial charge in [0.25, 0.3) is 0 Å². The molecule has 5 heteroatoms. The lowest BCUT2D eigenvalue weighted by Crippen LogP contribution is -2.34. The fraction of sp³-hybridized carbons (Fsp3) is 0.305. The zero-order valence-corrected chi connectivity index (χ0v) is 39.8. The lowest BCUT2D eigenvalue weighted by atomic mass is 9.85. The van der Waals surface area contributed by atoms with Gasteiger partial charge in [-0.1, -0.05) is 122 Å². The number of pyridine rings is 1. The van der Waals surface area contributed by atoms with Crippen LogP contribution in [-0.2, 0) is 0 Å². The van der Waals surface area contributed by atoms with Gasteiger partial charge in [0.2, 0.25) is 0 Å². The van der Waals surface area contributed by atoms with E-state index in [4.69, 9.17) is 14.5 Å². The van der Waals surface area contributed by atoms with Crippen molar-refractivity contribution in [1.29, 1.82) is 0 Å². The Bertz CT molecular complexity index is 2750. The van der Waals surface area contributed by atoms with Crippen molar-refractivity contribution in [2.24, 2.45) is 5.92 Å². The molecule has 5 aromatic carbocycles. The van der Waals surface area contributed by atoms with E-state index in [0.29, 0.717) is 22.9 Å². The van der Waals surface area contributed by atoms with Crippen LogP contribution >= 0.6 is 15.2 Å². The SMILES string of the molecule is CC1=CC(P(C)C2C=CC(c3cc(-c4ccc(-c5ccccc5)cc4)cc(C4=CCC5C[C@H]4C[P+]54c5cc(C)ccc5Oc5ccc(C)cc54)n3)CC2)C(Oc2ccc(C)cc2)CC1. The Morgan fingerprint density at radius 1 is 0.672 bits per heavy atom. The molecule has 0 N–H and O–H groups in total. The molecular weight excluding hydrogens is 817 g/mol. The maximum Gasteiger partial charge on any atom is 0.170 e. The molecule has 2 aliphatic heterocycles. The van der Waals surface area contributed by atoms with Gasteiger partial charge in [-0.2, -0.15) is 0 Å². The largest absolute Gasteiger partial charge is 0.489 e. The molecule has 0 amide bonds. The molecule has 0 radical (unpaired) electrons. The number of rotatable bonds is 8. The van der Waals surface area contributed by atoms with Crippen molar-refractivity contribution in [1.82, 2.24) is 4.98 Å². The normalized spacial score (nSPS) is 24.5. The van der Waals surface area contributed by atoms with Crippen molar-refractivity contribution in [3.05, 3.63) is 185 Å². The number of hydrogen-bond donors (Lipinski definition) is 0. The molecule has 6 aromatic rings. The Hall–Kier alpha value is -5.07. The summed E-state index contributed by atoms with van der Waals surface area (Å²) in [5.41, 5.74) is 15.9. The van der Waals surface area contributed by atoms with Crippen LogP contribution in [-0.4, -0.2) is 40.9 Å². The fourth-order valence-electron chi connectivity index (χ4n) is 11.7. The number of hydrogen-bond acceptors (Lipinski definition) is 3. The Morgan fingerprint density at radius 3 is 2.03 bits per heavy atom. The molecular formula is C59H60NO2P2+. The van der Waals surface area contributed by atoms with Crippen LogP contribution in [0.2, 0.25) is 0 Å². The van der Waals surface area contributed by atoms with E-state index < -0.39 is 7.26 Å². The van der Waals surface area contributed by atoms with Gasteiger partial charge in [0.15, 0.2) is 11.5 Å². The molecule has 1 aromatic heterocycles. The highest BCUT2D eigenvalue weighted by molar-refractivity contribution is 7.90. The number of benzene rings is 5. The predicted octanol–water partition coefficient (Wildman–Crippen LogP) is 14.8. The molecule has 3 nitrogen and oxygen atoms in total. The molecule has 3 aliphatic carbocycles. The van der Waals surface area contributed by atoms with Gasteiger partial charge < -0.3 is 9.47 Å². The van der Waals surface area contributed by atoms with Crippen molar-refractivity contribution in [3.63, 3.8) is 0 Å². The zero-order chi connectivity index (χ0) is 43.5. The van der Waals surface area contributed by atoms with E-state index in [9.17, 15) is 0 Å². The van der Waals surface area contributed by atoms with E-state index in [0.717, 1.165) is 42.9 Å². The molecule has 1 fully saturated rings. The van der Waals surface area contributed by atoms with Gasteiger partial charge in [0.05, 0.1) is 24.8 Å². The van der Waals surface area contributed by atoms with E-state index in [1.54, 1.807) is 0 Å². The molecule has 3 heterocycles. The maximum absolute atomic E-state index is 6.76. The number of allylic oxidation sites excluding steroid dienone is 5. The first kappa shape index (κ1) is 41.6. The minimum absolute atomic E-state index is 0.222. The van der Waals surface area contributed by atoms with Gasteiger partial charge in [0, 0.05) is 29.6 Å². The van der Waals surface area contributed by atoms with E-state index in [1.165, 1.54) is 91.1 Å². The van der Waals surface area contributed by atoms with Crippen molar-refractivity contribution in [3.8, 4) is 39.5 Å². The smallest absolute Gasteiger partial charge is 0.170 e. The lowest BCUT2D eigenvalue weighted by molar-refractivity contribution is 0.192. The number of aromatic nitrogens is 1. The third-order valence-corrected chi connectivity index (χ3v) is 23.2. The van der Waals surface area contributed by atoms with Gasteiger partial charge in [-0.3, -0.25) is 4.98 Å². The van der Waals surface area contributed by atoms with Crippen LogP contribution in [0, 0.1) is 26.7 Å². The summed E-state index contributed by atoms with van der Waals surface area (Å²) in [6, 6.07) is 47.3. The number of fused-ring (bicyclic) bond motifs is 7. The predicted molar refractivity (Wildman–Crippen MR) is 273 cm³/mol. The molecule has 64 heavy (non-hydrogen) atoms. The summed E-state index contributed by atoms with van der Waals surface area (Å²) in [7, 11) is -2.10. The van der Waals surface area contributed by atoms with Crippen molar-refractivity contribution < 1.29 is 9.47 Å². The highest BCUT2D eigenvalue weighted by atomic mass is 31.2. The van der Waals surface area contributed by atoms with Crippen LogP contribution in [0.1, 0.15) is 79.4 Å². The van der Waals surface area contributed by atoms with E-state index in [2.05, 4.69) is 186 Å². The Morgan fingerprint density at radius 2 is 1.34 bits per heavy atom. The Kier molecular flexibility index (Phi) is 11.1. The lowest BCUT2D eigenvalue weighted by Gasteiger charge is -2.38. The number of aryl methyl sites for hydroxylation is 3. The highest BCUT2D eigenvalue weighted by Gasteiger charge is 2.62. The molecule has 1 saturated heterocycles. The standard InChI is InChI=1S/C59H60NO2P2/c1-38-11-22-48(23-12-38)61-54-28-13-39(2)31-57(54)63(5)49-24-20-45(21-25-49)52-35-46(44-18-16-43(17-19-44)42-9-7-6-8-10-42)36-53(60-52)51-27-26-50-34-47(51)37-64(50)58-32-40(3)14-29-55(58)62-56-30-15-41(4)33-59(56)64/h6-12,14-20,22-24,27,29-33,35-36,45,47,49-50,54,57H,13,21,25-26,28,34,37H2,1-5H3/q+1/t45?,47-,49?,50?,54?,57?,63?/m0/s1. The third-order valence-electron chi connectivity index (χ3n) is 15.2. The van der Waals surface area contributed by atoms with Gasteiger partial charge in [0.1, 0.15) is 22.5 Å². The van der Waals surface area contributed by atoms with E-state index >= 15 is 0 Å². The van der Waals surface area contributed by atoms with Crippen LogP contribution in [0.15, 0.2) is 157 Å². The van der Waals surface area contributed by atoms with Crippen LogP contribution in [0.25, 0.3) is 27.8 Å². The number of nitrogens with zero attached hydrogens (tertiary/aromatic N) is 1. The summed E-state index contributed by atoms with van der Waals surface area (Å²) >= 11 is 0. The van der Waals surface area contributed by atoms with Gasteiger partial charge in [-0.05, 0) is 160 Å². The van der Waals surface area contributed by atoms with Gasteiger partial charge >= 0.3 is 0 Å². The first-order valence-electron chi connectivity index (χ1n) is 23.7. The Labute approximate surface area is 382 Å². The minimum atomic E-state index is -1.77. The summed E-state index contributed by atoms with van der Waals surface area (Å²) in [4.78, 5) is 5.72. The van der Waals surface area contributed by atoms with Gasteiger partial charge in [-0.15, -0.1) is 0 Å². The van der Waals surface area contributed by atoms with Crippen LogP contribution in [0.3, 0.4) is 0 Å². The van der Waals surface area contributed by atoms with Crippen LogP contribution < -0.4 is 20.1 Å². The second kappa shape index (κ2) is 17.1. The van der Waals surface area contributed by atoms with Crippen LogP contribution in [0.4, 0.5) is 0 Å². The maximum atomic E-state index is 6.76. The summed E-state index contributed by atoms with van der Waals surface area (Å²) in [6.07, 6.45) is 18.5. The summed E-state index contributed by atoms with van der Waals surface area (Å²) < 4.78 is 13.5. The van der Waals surface area contributed by atoms with E-state index in [-0.39, 0.29) is 19.9 Å². The molecule has 11 rings (SSSR count). The molecule has 2 bridgehead atoms. The third kappa shape index (κ3) is 7.72. The molecule has 5 aliphatic rings. The monoisotopic (exact) mass is 876 g/mol. The molecule has 0 saturated carbocycles. The van der Waals surface area contributed by atoms with Crippen molar-refractivity contribution in [2.45, 2.75) is 95.2 Å². The van der Waals surface area contributed by atoms with Gasteiger partial charge in [-0.25, -0.2) is 0 Å². The fourth-order valence-corrected chi connectivity index (χ4v) is 20.0. The zero-order valence-electron chi connectivity index (χ0n) is 38.0. The van der Waals surface area contributed by atoms with E-state index in [1.807, 2.05) is 0 Å². The molecule has 7 atom stereocenters. The quantitative estimate of drug-likeness (QED) is 0.113.